The van der Waals surface area contributed by atoms with Crippen molar-refractivity contribution in [2.24, 2.45) is 0 Å². The van der Waals surface area contributed by atoms with Crippen LogP contribution in [0.5, 0.6) is 0 Å². The lowest BCUT2D eigenvalue weighted by atomic mass is 10.0. The first-order chi connectivity index (χ1) is 5.97. The van der Waals surface area contributed by atoms with Crippen molar-refractivity contribution in [3.8, 4) is 0 Å². The molecule has 0 bridgehead atoms. The molecule has 5 heteroatoms. The molecule has 1 rings (SSSR count). The van der Waals surface area contributed by atoms with Gasteiger partial charge in [0.1, 0.15) is 0 Å². The van der Waals surface area contributed by atoms with Gasteiger partial charge in [0, 0.05) is 7.11 Å². The van der Waals surface area contributed by atoms with Crippen LogP contribution in [0.3, 0.4) is 0 Å². The average molecular weight is 214 g/mol. The molecule has 0 aromatic rings. The number of hydrogen-bond acceptors (Lipinski definition) is 2. The van der Waals surface area contributed by atoms with E-state index in [1.165, 1.54) is 32.1 Å². The van der Waals surface area contributed by atoms with Gasteiger partial charge in [0.25, 0.3) is 0 Å². The highest BCUT2D eigenvalue weighted by atomic mass is 31.2. The van der Waals surface area contributed by atoms with E-state index in [0.29, 0.717) is 0 Å². The summed E-state index contributed by atoms with van der Waals surface area (Å²) in [6.07, 6.45) is 7.25. The summed E-state index contributed by atoms with van der Waals surface area (Å²) in [5, 5.41) is 0. The molecule has 0 aliphatic heterocycles. The second kappa shape index (κ2) is 10.2. The van der Waals surface area contributed by atoms with Gasteiger partial charge in [-0.2, -0.15) is 0 Å². The zero-order valence-electron chi connectivity index (χ0n) is 8.62. The Morgan fingerprint density at radius 3 is 1.46 bits per heavy atom. The second-order valence-electron chi connectivity index (χ2n) is 2.76. The van der Waals surface area contributed by atoms with E-state index in [1.807, 2.05) is 0 Å². The molecule has 3 nitrogen and oxygen atoms in total. The van der Waals surface area contributed by atoms with Crippen LogP contribution in [-0.2, 0) is 9.09 Å². The highest BCUT2D eigenvalue weighted by Crippen LogP contribution is 2.41. The van der Waals surface area contributed by atoms with Crippen LogP contribution in [0.25, 0.3) is 0 Å². The van der Waals surface area contributed by atoms with Gasteiger partial charge in [0.15, 0.2) is 0 Å². The van der Waals surface area contributed by atoms with Crippen LogP contribution < -0.4 is 0 Å². The molecule has 1 N–H and O–H groups in total. The normalized spacial score (nSPS) is 17.9. The minimum absolute atomic E-state index is 0.820. The molecular formula is C8H20FO3P. The van der Waals surface area contributed by atoms with Gasteiger partial charge >= 0.3 is 7.91 Å². The molecule has 0 radical (unpaired) electrons. The van der Waals surface area contributed by atoms with E-state index in [-0.39, 0.29) is 0 Å². The minimum atomic E-state index is -4.65. The molecule has 1 saturated carbocycles. The molecule has 13 heavy (non-hydrogen) atoms. The Labute approximate surface area is 80.0 Å². The maximum atomic E-state index is 11.0. The van der Waals surface area contributed by atoms with E-state index in [4.69, 9.17) is 4.89 Å². The van der Waals surface area contributed by atoms with Gasteiger partial charge < -0.3 is 0 Å². The lowest BCUT2D eigenvalue weighted by molar-refractivity contribution is 0.274. The third-order valence-electron chi connectivity index (χ3n) is 1.23. The Bertz CT molecular complexity index is 127. The maximum Gasteiger partial charge on any atom is 0.510 e. The summed E-state index contributed by atoms with van der Waals surface area (Å²) in [6, 6.07) is 0. The first-order valence-electron chi connectivity index (χ1n) is 4.56. The van der Waals surface area contributed by atoms with Gasteiger partial charge in [-0.05, 0) is 0 Å². The van der Waals surface area contributed by atoms with E-state index in [2.05, 4.69) is 18.4 Å². The van der Waals surface area contributed by atoms with Gasteiger partial charge in [-0.1, -0.05) is 46.0 Å². The predicted octanol–water partition coefficient (Wildman–Crippen LogP) is 3.68. The Hall–Kier alpha value is 0.0800. The molecule has 1 aliphatic rings. The van der Waals surface area contributed by atoms with Gasteiger partial charge in [-0.3, -0.25) is 9.42 Å². The summed E-state index contributed by atoms with van der Waals surface area (Å²) in [6.45, 7) is 4.25. The third kappa shape index (κ3) is 24.5. The topological polar surface area (TPSA) is 46.5 Å². The molecule has 0 amide bonds. The summed E-state index contributed by atoms with van der Waals surface area (Å²) < 4.78 is 23.6. The second-order valence-corrected chi connectivity index (χ2v) is 4.02. The fourth-order valence-corrected chi connectivity index (χ4v) is 0.250. The SMILES string of the molecule is C1CCC1.CCC.COP(=O)(O)F. The zero-order valence-corrected chi connectivity index (χ0v) is 9.52. The van der Waals surface area contributed by atoms with Crippen molar-refractivity contribution in [1.82, 2.24) is 0 Å². The van der Waals surface area contributed by atoms with Gasteiger partial charge in [0.2, 0.25) is 0 Å². The highest BCUT2D eigenvalue weighted by molar-refractivity contribution is 7.46. The van der Waals surface area contributed by atoms with Gasteiger partial charge in [-0.25, -0.2) is 4.57 Å². The van der Waals surface area contributed by atoms with Crippen molar-refractivity contribution in [3.05, 3.63) is 0 Å². The summed E-state index contributed by atoms with van der Waals surface area (Å²) >= 11 is 0. The Morgan fingerprint density at radius 2 is 1.46 bits per heavy atom. The van der Waals surface area contributed by atoms with Crippen LogP contribution in [0.15, 0.2) is 0 Å². The quantitative estimate of drug-likeness (QED) is 0.677. The van der Waals surface area contributed by atoms with E-state index < -0.39 is 7.91 Å². The van der Waals surface area contributed by atoms with Crippen molar-refractivity contribution in [2.75, 3.05) is 7.11 Å². The van der Waals surface area contributed by atoms with Crippen LogP contribution >= 0.6 is 7.91 Å². The minimum Gasteiger partial charge on any atom is -0.299 e. The summed E-state index contributed by atoms with van der Waals surface area (Å²) in [5.74, 6) is 0. The van der Waals surface area contributed by atoms with Crippen LogP contribution in [0, 0.1) is 0 Å². The van der Waals surface area contributed by atoms with E-state index in [0.717, 1.165) is 7.11 Å². The van der Waals surface area contributed by atoms with Crippen molar-refractivity contribution >= 4 is 7.91 Å². The fourth-order valence-electron chi connectivity index (χ4n) is 0.250. The van der Waals surface area contributed by atoms with Crippen molar-refractivity contribution in [2.45, 2.75) is 46.0 Å². The molecule has 1 atom stereocenters. The molecule has 0 aromatic carbocycles. The van der Waals surface area contributed by atoms with Crippen LogP contribution in [0.4, 0.5) is 4.20 Å². The summed E-state index contributed by atoms with van der Waals surface area (Å²) in [5.41, 5.74) is 0. The number of hydrogen-bond donors (Lipinski definition) is 1. The molecule has 1 unspecified atom stereocenters. The standard InChI is InChI=1S/C4H8.C3H8.CH4FO3P/c1-2-4-3-1;1-3-2;1-5-6(2,3)4/h1-4H2;3H2,1-2H3;1H3,(H,3,4). The number of halogens is 1. The van der Waals surface area contributed by atoms with E-state index in [1.54, 1.807) is 0 Å². The molecule has 0 heterocycles. The molecule has 1 aliphatic carbocycles. The first-order valence-corrected chi connectivity index (χ1v) is 6.02. The van der Waals surface area contributed by atoms with E-state index in [9.17, 15) is 8.76 Å². The first kappa shape index (κ1) is 15.5. The zero-order chi connectivity index (χ0) is 10.7. The predicted molar refractivity (Wildman–Crippen MR) is 52.4 cm³/mol. The summed E-state index contributed by atoms with van der Waals surface area (Å²) in [4.78, 5) is 7.49. The van der Waals surface area contributed by atoms with Crippen molar-refractivity contribution in [1.29, 1.82) is 0 Å². The highest BCUT2D eigenvalue weighted by Gasteiger charge is 2.11. The molecule has 1 fully saturated rings. The number of rotatable bonds is 1. The Balaban J connectivity index is 0. The van der Waals surface area contributed by atoms with E-state index >= 15 is 0 Å². The average Bonchev–Trinajstić information content (AvgIpc) is 1.84. The van der Waals surface area contributed by atoms with Gasteiger partial charge in [-0.15, -0.1) is 4.20 Å². The maximum absolute atomic E-state index is 11.0. The Morgan fingerprint density at radius 1 is 1.31 bits per heavy atom. The van der Waals surface area contributed by atoms with Crippen molar-refractivity contribution in [3.63, 3.8) is 0 Å². The monoisotopic (exact) mass is 214 g/mol. The molecule has 0 saturated heterocycles. The van der Waals surface area contributed by atoms with Crippen molar-refractivity contribution < 1.29 is 18.2 Å². The lowest BCUT2D eigenvalue weighted by Crippen LogP contribution is -1.85. The molecular weight excluding hydrogens is 194 g/mol. The molecule has 82 valence electrons. The van der Waals surface area contributed by atoms with Gasteiger partial charge in [0.05, 0.1) is 0 Å². The molecule has 0 spiro atoms. The van der Waals surface area contributed by atoms with Crippen LogP contribution in [0.2, 0.25) is 0 Å². The lowest BCUT2D eigenvalue weighted by Gasteiger charge is -2.05. The van der Waals surface area contributed by atoms with Crippen LogP contribution in [-0.4, -0.2) is 12.0 Å². The molecule has 0 aromatic heterocycles. The Kier molecular flexibility index (Phi) is 12.2. The largest absolute Gasteiger partial charge is 0.510 e. The fraction of sp³-hybridized carbons (Fsp3) is 1.00. The smallest absolute Gasteiger partial charge is 0.299 e. The summed E-state index contributed by atoms with van der Waals surface area (Å²) in [7, 11) is -3.83. The van der Waals surface area contributed by atoms with Crippen LogP contribution in [0.1, 0.15) is 46.0 Å². The third-order valence-corrected chi connectivity index (χ3v) is 1.68.